The van der Waals surface area contributed by atoms with Crippen LogP contribution >= 0.6 is 0 Å². The lowest BCUT2D eigenvalue weighted by Crippen LogP contribution is -2.89. The molecule has 1 saturated heterocycles. The second-order valence-electron chi connectivity index (χ2n) is 8.26. The summed E-state index contributed by atoms with van der Waals surface area (Å²) in [5, 5.41) is 0. The minimum Gasteiger partial charge on any atom is -0.461 e. The molecule has 0 N–H and O–H groups in total. The van der Waals surface area contributed by atoms with E-state index in [4.69, 9.17) is 9.47 Å². The van der Waals surface area contributed by atoms with Crippen LogP contribution in [0.15, 0.2) is 0 Å². The first-order valence-corrected chi connectivity index (χ1v) is 8.41. The van der Waals surface area contributed by atoms with Crippen LogP contribution in [0.3, 0.4) is 0 Å². The van der Waals surface area contributed by atoms with Gasteiger partial charge < -0.3 is 9.47 Å². The Balaban J connectivity index is 1.50. The van der Waals surface area contributed by atoms with E-state index in [2.05, 4.69) is 0 Å². The number of ketones is 1. The Bertz CT molecular complexity index is 600. The van der Waals surface area contributed by atoms with E-state index in [1.54, 1.807) is 7.11 Å². The van der Waals surface area contributed by atoms with Crippen LogP contribution in [0.25, 0.3) is 0 Å². The molecule has 0 bridgehead atoms. The summed E-state index contributed by atoms with van der Waals surface area (Å²) >= 11 is 0. The zero-order valence-corrected chi connectivity index (χ0v) is 12.2. The minimum atomic E-state index is -0.393. The number of ether oxygens (including phenoxy) is 2. The fourth-order valence-electron chi connectivity index (χ4n) is 8.37. The van der Waals surface area contributed by atoms with Crippen molar-refractivity contribution in [3.8, 4) is 0 Å². The van der Waals surface area contributed by atoms with Gasteiger partial charge in [0, 0.05) is 31.5 Å². The Labute approximate surface area is 123 Å². The molecule has 21 heavy (non-hydrogen) atoms. The van der Waals surface area contributed by atoms with Gasteiger partial charge in [-0.15, -0.1) is 0 Å². The standard InChI is InChI=1S/C17H20O4/c1-20-6-7-8-2-3-10-17(8)12(7)11-13-9(18)4-5-16(13,14(11)17)15(19)21-10/h7-8,10-14H,2-6H2,1H3/t7-,8?,10-,11-,12+,13-,14-,16+,17?/m1/s1. The van der Waals surface area contributed by atoms with Crippen LogP contribution in [-0.2, 0) is 19.1 Å². The van der Waals surface area contributed by atoms with Crippen molar-refractivity contribution < 1.29 is 19.1 Å². The van der Waals surface area contributed by atoms with Crippen molar-refractivity contribution in [1.82, 2.24) is 0 Å². The number of methoxy groups -OCH3 is 1. The van der Waals surface area contributed by atoms with Crippen LogP contribution in [0.2, 0.25) is 0 Å². The molecule has 4 heteroatoms. The maximum Gasteiger partial charge on any atom is 0.313 e. The van der Waals surface area contributed by atoms with E-state index in [0.717, 1.165) is 19.4 Å². The lowest BCUT2D eigenvalue weighted by molar-refractivity contribution is -0.422. The number of rotatable bonds is 2. The van der Waals surface area contributed by atoms with E-state index >= 15 is 0 Å². The molecule has 0 aromatic heterocycles. The molecule has 5 aliphatic carbocycles. The molecule has 1 heterocycles. The summed E-state index contributed by atoms with van der Waals surface area (Å²) in [6.07, 6.45) is 3.72. The van der Waals surface area contributed by atoms with E-state index in [1.165, 1.54) is 6.42 Å². The van der Waals surface area contributed by atoms with Crippen molar-refractivity contribution in [2.24, 2.45) is 46.3 Å². The first kappa shape index (κ1) is 11.6. The van der Waals surface area contributed by atoms with Gasteiger partial charge in [-0.05, 0) is 48.9 Å². The van der Waals surface area contributed by atoms with E-state index in [9.17, 15) is 9.59 Å². The lowest BCUT2D eigenvalue weighted by atomic mass is 9.17. The number of carbonyl (C=O) groups is 2. The van der Waals surface area contributed by atoms with Gasteiger partial charge in [0.15, 0.2) is 0 Å². The zero-order chi connectivity index (χ0) is 14.1. The summed E-state index contributed by atoms with van der Waals surface area (Å²) in [4.78, 5) is 25.0. The average Bonchev–Trinajstić information content (AvgIpc) is 2.88. The second kappa shape index (κ2) is 3.08. The molecular formula is C17H20O4. The molecule has 9 atom stereocenters. The second-order valence-corrected chi connectivity index (χ2v) is 8.26. The third-order valence-corrected chi connectivity index (χ3v) is 8.45. The van der Waals surface area contributed by atoms with Crippen LogP contribution < -0.4 is 0 Å². The van der Waals surface area contributed by atoms with Gasteiger partial charge in [-0.1, -0.05) is 0 Å². The van der Waals surface area contributed by atoms with Gasteiger partial charge in [-0.2, -0.15) is 0 Å². The molecule has 2 unspecified atom stereocenters. The fraction of sp³-hybridized carbons (Fsp3) is 0.882. The van der Waals surface area contributed by atoms with Crippen LogP contribution in [-0.4, -0.2) is 31.6 Å². The smallest absolute Gasteiger partial charge is 0.313 e. The summed E-state index contributed by atoms with van der Waals surface area (Å²) < 4.78 is 11.4. The van der Waals surface area contributed by atoms with E-state index < -0.39 is 5.41 Å². The van der Waals surface area contributed by atoms with Crippen LogP contribution in [0.4, 0.5) is 0 Å². The topological polar surface area (TPSA) is 52.6 Å². The predicted octanol–water partition coefficient (Wildman–Crippen LogP) is 1.43. The molecule has 6 aliphatic rings. The third-order valence-electron chi connectivity index (χ3n) is 8.45. The van der Waals surface area contributed by atoms with Crippen molar-refractivity contribution in [2.45, 2.75) is 31.8 Å². The SMILES string of the molecule is COC[C@@H]1C2CC[C@H]3OC(=O)[C@@]45CCC(=O)[C@@H]4[C@H]4[C@H]1C23[C@H]45. The van der Waals surface area contributed by atoms with E-state index in [1.807, 2.05) is 0 Å². The number of hydrogen-bond donors (Lipinski definition) is 0. The van der Waals surface area contributed by atoms with E-state index in [-0.39, 0.29) is 23.4 Å². The first-order chi connectivity index (χ1) is 10.2. The van der Waals surface area contributed by atoms with Gasteiger partial charge in [0.05, 0.1) is 5.41 Å². The maximum atomic E-state index is 12.6. The quantitative estimate of drug-likeness (QED) is 0.721. The molecule has 1 aliphatic heterocycles. The van der Waals surface area contributed by atoms with Gasteiger partial charge >= 0.3 is 5.97 Å². The summed E-state index contributed by atoms with van der Waals surface area (Å²) in [5.74, 6) is 3.12. The Morgan fingerprint density at radius 2 is 2.19 bits per heavy atom. The van der Waals surface area contributed by atoms with Gasteiger partial charge in [0.1, 0.15) is 11.9 Å². The van der Waals surface area contributed by atoms with Crippen LogP contribution in [0, 0.1) is 46.3 Å². The molecule has 6 fully saturated rings. The molecule has 0 aromatic rings. The Kier molecular flexibility index (Phi) is 1.71. The van der Waals surface area contributed by atoms with Gasteiger partial charge in [-0.3, -0.25) is 9.59 Å². The normalized spacial score (nSPS) is 64.5. The molecule has 4 nitrogen and oxygen atoms in total. The highest BCUT2D eigenvalue weighted by Gasteiger charge is 2.95. The number of Topliss-reactive ketones (excluding diaryl/α,β-unsaturated/α-hetero) is 1. The summed E-state index contributed by atoms with van der Waals surface area (Å²) in [5.41, 5.74) is -0.141. The largest absolute Gasteiger partial charge is 0.461 e. The van der Waals surface area contributed by atoms with Crippen molar-refractivity contribution >= 4 is 11.8 Å². The molecule has 0 radical (unpaired) electrons. The van der Waals surface area contributed by atoms with Gasteiger partial charge in [-0.25, -0.2) is 0 Å². The van der Waals surface area contributed by atoms with Crippen LogP contribution in [0.1, 0.15) is 25.7 Å². The summed E-state index contributed by atoms with van der Waals surface area (Å²) in [6, 6.07) is 0. The molecule has 112 valence electrons. The van der Waals surface area contributed by atoms with Crippen LogP contribution in [0.5, 0.6) is 0 Å². The lowest BCUT2D eigenvalue weighted by Gasteiger charge is -2.86. The van der Waals surface area contributed by atoms with Crippen molar-refractivity contribution in [3.63, 3.8) is 0 Å². The predicted molar refractivity (Wildman–Crippen MR) is 71.0 cm³/mol. The van der Waals surface area contributed by atoms with Crippen molar-refractivity contribution in [2.75, 3.05) is 13.7 Å². The van der Waals surface area contributed by atoms with Crippen molar-refractivity contribution in [3.05, 3.63) is 0 Å². The Morgan fingerprint density at radius 3 is 3.00 bits per heavy atom. The zero-order valence-electron chi connectivity index (χ0n) is 12.2. The molecule has 0 aromatic carbocycles. The Morgan fingerprint density at radius 1 is 1.33 bits per heavy atom. The highest BCUT2D eigenvalue weighted by atomic mass is 16.6. The summed E-state index contributed by atoms with van der Waals surface area (Å²) in [6.45, 7) is 0.814. The highest BCUT2D eigenvalue weighted by Crippen LogP contribution is 2.92. The Hall–Kier alpha value is -0.900. The molecule has 0 amide bonds. The van der Waals surface area contributed by atoms with Gasteiger partial charge in [0.2, 0.25) is 0 Å². The molecular weight excluding hydrogens is 268 g/mol. The van der Waals surface area contributed by atoms with E-state index in [0.29, 0.717) is 41.8 Å². The minimum absolute atomic E-state index is 0.00696. The monoisotopic (exact) mass is 288 g/mol. The highest BCUT2D eigenvalue weighted by molar-refractivity contribution is 5.97. The maximum absolute atomic E-state index is 12.6. The number of esters is 1. The summed E-state index contributed by atoms with van der Waals surface area (Å²) in [7, 11) is 1.78. The number of hydrogen-bond acceptors (Lipinski definition) is 4. The van der Waals surface area contributed by atoms with Crippen molar-refractivity contribution in [1.29, 1.82) is 0 Å². The number of carbonyl (C=O) groups excluding carboxylic acids is 2. The average molecular weight is 288 g/mol. The number of fused-ring (bicyclic) bond motifs is 2. The first-order valence-electron chi connectivity index (χ1n) is 8.41. The molecule has 6 rings (SSSR count). The van der Waals surface area contributed by atoms with Gasteiger partial charge in [0.25, 0.3) is 0 Å². The third kappa shape index (κ3) is 0.809. The fourth-order valence-corrected chi connectivity index (χ4v) is 8.37. The molecule has 2 spiro atoms. The molecule has 5 saturated carbocycles.